The largest absolute Gasteiger partial charge is 0.416 e. The number of aromatic amines is 1. The maximum atomic E-state index is 12.7. The molecule has 1 N–H and O–H groups in total. The van der Waals surface area contributed by atoms with Gasteiger partial charge in [0.25, 0.3) is 0 Å². The maximum absolute atomic E-state index is 12.7. The Labute approximate surface area is 118 Å². The zero-order chi connectivity index (χ0) is 15.4. The van der Waals surface area contributed by atoms with E-state index in [2.05, 4.69) is 15.1 Å². The van der Waals surface area contributed by atoms with E-state index < -0.39 is 11.7 Å². The van der Waals surface area contributed by atoms with Gasteiger partial charge in [-0.15, -0.1) is 0 Å². The third-order valence-corrected chi connectivity index (χ3v) is 3.56. The minimum atomic E-state index is -4.36. The highest BCUT2D eigenvalue weighted by Crippen LogP contribution is 2.32. The van der Waals surface area contributed by atoms with Crippen LogP contribution in [0.4, 0.5) is 13.2 Å². The molecule has 110 valence electrons. The van der Waals surface area contributed by atoms with Crippen LogP contribution in [0.5, 0.6) is 0 Å². The molecule has 0 radical (unpaired) electrons. The van der Waals surface area contributed by atoms with Crippen LogP contribution in [-0.2, 0) is 13.2 Å². The van der Waals surface area contributed by atoms with E-state index in [0.717, 1.165) is 29.1 Å². The number of nitrogens with zero attached hydrogens (tertiary/aromatic N) is 3. The minimum Gasteiger partial charge on any atom is -0.338 e. The molecule has 0 spiro atoms. The molecule has 1 aromatic carbocycles. The quantitative estimate of drug-likeness (QED) is 0.745. The topological polar surface area (TPSA) is 46.5 Å². The van der Waals surface area contributed by atoms with Crippen LogP contribution in [0, 0.1) is 13.8 Å². The van der Waals surface area contributed by atoms with E-state index in [1.54, 1.807) is 4.68 Å². The van der Waals surface area contributed by atoms with E-state index in [4.69, 9.17) is 0 Å². The van der Waals surface area contributed by atoms with E-state index >= 15 is 0 Å². The first-order valence-corrected chi connectivity index (χ1v) is 6.35. The van der Waals surface area contributed by atoms with Crippen LogP contribution < -0.4 is 0 Å². The molecule has 0 atom stereocenters. The molecule has 21 heavy (non-hydrogen) atoms. The molecular formula is C14H13F3N4. The highest BCUT2D eigenvalue weighted by Gasteiger charge is 2.30. The first kappa shape index (κ1) is 13.7. The predicted molar refractivity (Wildman–Crippen MR) is 72.8 cm³/mol. The number of hydrogen-bond acceptors (Lipinski definition) is 2. The van der Waals surface area contributed by atoms with Crippen molar-refractivity contribution in [3.05, 3.63) is 35.2 Å². The van der Waals surface area contributed by atoms with Crippen molar-refractivity contribution in [2.24, 2.45) is 7.05 Å². The van der Waals surface area contributed by atoms with Gasteiger partial charge in [0.1, 0.15) is 5.82 Å². The van der Waals surface area contributed by atoms with Gasteiger partial charge in [0.05, 0.1) is 27.9 Å². The van der Waals surface area contributed by atoms with Crippen LogP contribution in [-0.4, -0.2) is 19.7 Å². The summed E-state index contributed by atoms with van der Waals surface area (Å²) in [6.45, 7) is 3.74. The average Bonchev–Trinajstić information content (AvgIpc) is 2.89. The summed E-state index contributed by atoms with van der Waals surface area (Å²) < 4.78 is 39.9. The molecule has 0 aliphatic heterocycles. The lowest BCUT2D eigenvalue weighted by atomic mass is 10.2. The molecule has 0 saturated heterocycles. The third kappa shape index (κ3) is 2.18. The molecule has 0 aliphatic carbocycles. The number of fused-ring (bicyclic) bond motifs is 1. The second kappa shape index (κ2) is 4.34. The van der Waals surface area contributed by atoms with Crippen molar-refractivity contribution >= 4 is 11.0 Å². The maximum Gasteiger partial charge on any atom is 0.416 e. The van der Waals surface area contributed by atoms with Crippen molar-refractivity contribution in [2.75, 3.05) is 0 Å². The number of hydrogen-bond donors (Lipinski definition) is 1. The number of imidazole rings is 1. The molecule has 0 unspecified atom stereocenters. The summed E-state index contributed by atoms with van der Waals surface area (Å²) in [4.78, 5) is 7.32. The Hall–Kier alpha value is -2.31. The van der Waals surface area contributed by atoms with Crippen LogP contribution in [0.3, 0.4) is 0 Å². The lowest BCUT2D eigenvalue weighted by Crippen LogP contribution is -2.04. The Kier molecular flexibility index (Phi) is 2.82. The average molecular weight is 294 g/mol. The molecule has 0 saturated carbocycles. The zero-order valence-electron chi connectivity index (χ0n) is 11.7. The Morgan fingerprint density at radius 1 is 1.19 bits per heavy atom. The van der Waals surface area contributed by atoms with Crippen LogP contribution >= 0.6 is 0 Å². The third-order valence-electron chi connectivity index (χ3n) is 3.56. The SMILES string of the molecule is Cc1nn(C)c(C)c1-c1nc2ccc(C(F)(F)F)cc2[nH]1. The molecule has 0 bridgehead atoms. The standard InChI is InChI=1S/C14H13F3N4/c1-7-12(8(2)21(3)20-7)13-18-10-5-4-9(14(15,16)17)6-11(10)19-13/h4-6H,1-3H3,(H,18,19). The molecule has 2 heterocycles. The molecule has 3 rings (SSSR count). The molecule has 0 aliphatic rings. The number of alkyl halides is 3. The summed E-state index contributed by atoms with van der Waals surface area (Å²) in [6.07, 6.45) is -4.36. The Morgan fingerprint density at radius 3 is 2.48 bits per heavy atom. The molecule has 0 amide bonds. The van der Waals surface area contributed by atoms with Gasteiger partial charge in [-0.3, -0.25) is 4.68 Å². The number of H-pyrrole nitrogens is 1. The lowest BCUT2D eigenvalue weighted by Gasteiger charge is -2.05. The molecule has 3 aromatic rings. The van der Waals surface area contributed by atoms with Gasteiger partial charge in [0.15, 0.2) is 0 Å². The van der Waals surface area contributed by atoms with E-state index in [0.29, 0.717) is 16.9 Å². The van der Waals surface area contributed by atoms with E-state index in [-0.39, 0.29) is 0 Å². The Morgan fingerprint density at radius 2 is 1.90 bits per heavy atom. The number of aromatic nitrogens is 4. The van der Waals surface area contributed by atoms with Gasteiger partial charge < -0.3 is 4.98 Å². The molecule has 0 fully saturated rings. The van der Waals surface area contributed by atoms with Crippen molar-refractivity contribution in [3.8, 4) is 11.4 Å². The van der Waals surface area contributed by atoms with Crippen LogP contribution in [0.2, 0.25) is 0 Å². The number of benzene rings is 1. The molecule has 7 heteroatoms. The highest BCUT2D eigenvalue weighted by molar-refractivity contribution is 5.81. The van der Waals surface area contributed by atoms with Crippen molar-refractivity contribution in [1.82, 2.24) is 19.7 Å². The second-order valence-electron chi connectivity index (χ2n) is 4.98. The molecule has 4 nitrogen and oxygen atoms in total. The normalized spacial score (nSPS) is 12.3. The fourth-order valence-electron chi connectivity index (χ4n) is 2.42. The van der Waals surface area contributed by atoms with Gasteiger partial charge in [0.2, 0.25) is 0 Å². The van der Waals surface area contributed by atoms with Gasteiger partial charge in [0, 0.05) is 12.7 Å². The van der Waals surface area contributed by atoms with Crippen LogP contribution in [0.1, 0.15) is 17.0 Å². The lowest BCUT2D eigenvalue weighted by molar-refractivity contribution is -0.137. The van der Waals surface area contributed by atoms with Crippen LogP contribution in [0.25, 0.3) is 22.4 Å². The van der Waals surface area contributed by atoms with Gasteiger partial charge in [-0.1, -0.05) is 0 Å². The fraction of sp³-hybridized carbons (Fsp3) is 0.286. The van der Waals surface area contributed by atoms with E-state index in [1.165, 1.54) is 6.07 Å². The van der Waals surface area contributed by atoms with Crippen molar-refractivity contribution in [1.29, 1.82) is 0 Å². The van der Waals surface area contributed by atoms with Crippen molar-refractivity contribution in [3.63, 3.8) is 0 Å². The molecular weight excluding hydrogens is 281 g/mol. The second-order valence-corrected chi connectivity index (χ2v) is 4.98. The summed E-state index contributed by atoms with van der Waals surface area (Å²) in [6, 6.07) is 3.49. The Balaban J connectivity index is 2.18. The number of nitrogens with one attached hydrogen (secondary N) is 1. The van der Waals surface area contributed by atoms with Gasteiger partial charge >= 0.3 is 6.18 Å². The smallest absolute Gasteiger partial charge is 0.338 e. The zero-order valence-corrected chi connectivity index (χ0v) is 11.7. The van der Waals surface area contributed by atoms with E-state index in [9.17, 15) is 13.2 Å². The summed E-state index contributed by atoms with van der Waals surface area (Å²) in [5.41, 5.74) is 2.68. The van der Waals surface area contributed by atoms with Gasteiger partial charge in [-0.25, -0.2) is 4.98 Å². The van der Waals surface area contributed by atoms with Crippen molar-refractivity contribution in [2.45, 2.75) is 20.0 Å². The van der Waals surface area contributed by atoms with Crippen molar-refractivity contribution < 1.29 is 13.2 Å². The van der Waals surface area contributed by atoms with Crippen LogP contribution in [0.15, 0.2) is 18.2 Å². The minimum absolute atomic E-state index is 0.363. The summed E-state index contributed by atoms with van der Waals surface area (Å²) in [5, 5.41) is 4.29. The summed E-state index contributed by atoms with van der Waals surface area (Å²) in [7, 11) is 1.82. The van der Waals surface area contributed by atoms with E-state index in [1.807, 2.05) is 20.9 Å². The molecule has 2 aromatic heterocycles. The number of rotatable bonds is 1. The first-order valence-electron chi connectivity index (χ1n) is 6.35. The Bertz CT molecular complexity index is 827. The van der Waals surface area contributed by atoms with Gasteiger partial charge in [-0.05, 0) is 32.0 Å². The number of halogens is 3. The highest BCUT2D eigenvalue weighted by atomic mass is 19.4. The summed E-state index contributed by atoms with van der Waals surface area (Å²) >= 11 is 0. The number of aryl methyl sites for hydroxylation is 2. The monoisotopic (exact) mass is 294 g/mol. The summed E-state index contributed by atoms with van der Waals surface area (Å²) in [5.74, 6) is 0.535. The van der Waals surface area contributed by atoms with Gasteiger partial charge in [-0.2, -0.15) is 18.3 Å². The predicted octanol–water partition coefficient (Wildman–Crippen LogP) is 3.60. The first-order chi connectivity index (χ1) is 9.77. The fourth-order valence-corrected chi connectivity index (χ4v) is 2.42.